The second-order valence-electron chi connectivity index (χ2n) is 9.83. The van der Waals surface area contributed by atoms with Crippen molar-refractivity contribution in [2.24, 2.45) is 5.92 Å². The van der Waals surface area contributed by atoms with Crippen LogP contribution in [0.1, 0.15) is 57.2 Å². The van der Waals surface area contributed by atoms with Gasteiger partial charge in [-0.1, -0.05) is 30.3 Å². The van der Waals surface area contributed by atoms with Gasteiger partial charge in [-0.05, 0) is 70.4 Å². The molecule has 2 aliphatic rings. The Morgan fingerprint density at radius 1 is 1.20 bits per heavy atom. The van der Waals surface area contributed by atoms with Crippen LogP contribution in [0.15, 0.2) is 48.6 Å². The maximum Gasteiger partial charge on any atom is 0.331 e. The average Bonchev–Trinajstić information content (AvgIpc) is 3.65. The molecule has 2 aromatic carbocycles. The number of fused-ring (bicyclic) bond motifs is 1. The first kappa shape index (κ1) is 24.6. The summed E-state index contributed by atoms with van der Waals surface area (Å²) in [6.45, 7) is 7.97. The summed E-state index contributed by atoms with van der Waals surface area (Å²) in [5.41, 5.74) is 2.95. The molecule has 0 spiro atoms. The fourth-order valence-electron chi connectivity index (χ4n) is 4.04. The monoisotopic (exact) mass is 475 g/mol. The number of benzene rings is 2. The number of carbonyl (C=O) groups excluding carboxylic acids is 2. The van der Waals surface area contributed by atoms with Gasteiger partial charge in [0.05, 0.1) is 19.8 Å². The highest BCUT2D eigenvalue weighted by Gasteiger charge is 2.35. The molecular formula is C29H33NO5. The van der Waals surface area contributed by atoms with E-state index < -0.39 is 11.6 Å². The zero-order chi connectivity index (χ0) is 25.2. The zero-order valence-electron chi connectivity index (χ0n) is 21.0. The molecule has 0 unspecified atom stereocenters. The third-order valence-electron chi connectivity index (χ3n) is 5.92. The van der Waals surface area contributed by atoms with Gasteiger partial charge in [0.1, 0.15) is 5.60 Å². The molecular weight excluding hydrogens is 442 g/mol. The number of nitrogens with zero attached hydrogens (tertiary/aromatic N) is 1. The third kappa shape index (κ3) is 5.94. The van der Waals surface area contributed by atoms with Crippen LogP contribution in [0.4, 0.5) is 5.69 Å². The van der Waals surface area contributed by atoms with Crippen LogP contribution in [-0.2, 0) is 20.9 Å². The summed E-state index contributed by atoms with van der Waals surface area (Å²) in [5, 5.41) is 0. The van der Waals surface area contributed by atoms with Crippen molar-refractivity contribution in [3.8, 4) is 11.5 Å². The van der Waals surface area contributed by atoms with Crippen LogP contribution in [0.2, 0.25) is 0 Å². The lowest BCUT2D eigenvalue weighted by Gasteiger charge is -2.31. The Hall–Kier alpha value is -3.54. The van der Waals surface area contributed by atoms with Gasteiger partial charge in [-0.3, -0.25) is 4.79 Å². The number of carbonyl (C=O) groups is 2. The fourth-order valence-corrected chi connectivity index (χ4v) is 4.04. The van der Waals surface area contributed by atoms with Crippen molar-refractivity contribution >= 4 is 29.7 Å². The van der Waals surface area contributed by atoms with E-state index in [1.807, 2.05) is 76.2 Å². The Balaban J connectivity index is 1.65. The second kappa shape index (κ2) is 9.98. The minimum atomic E-state index is -0.445. The predicted octanol–water partition coefficient (Wildman–Crippen LogP) is 5.79. The van der Waals surface area contributed by atoms with Crippen LogP contribution in [0.3, 0.4) is 0 Å². The van der Waals surface area contributed by atoms with Crippen molar-refractivity contribution < 1.29 is 23.8 Å². The number of anilines is 1. The Bertz CT molecular complexity index is 1170. The summed E-state index contributed by atoms with van der Waals surface area (Å²) in [6, 6.07) is 11.6. The first-order valence-electron chi connectivity index (χ1n) is 12.0. The summed E-state index contributed by atoms with van der Waals surface area (Å²) in [7, 11) is 1.63. The number of hydrogen-bond acceptors (Lipinski definition) is 5. The molecule has 184 valence electrons. The van der Waals surface area contributed by atoms with Crippen molar-refractivity contribution in [3.63, 3.8) is 0 Å². The minimum absolute atomic E-state index is 0.0388. The van der Waals surface area contributed by atoms with E-state index in [0.29, 0.717) is 18.0 Å². The Morgan fingerprint density at radius 2 is 1.97 bits per heavy atom. The van der Waals surface area contributed by atoms with Crippen LogP contribution in [0.5, 0.6) is 11.5 Å². The molecule has 1 aliphatic carbocycles. The summed E-state index contributed by atoms with van der Waals surface area (Å²) in [6.07, 6.45) is 8.80. The lowest BCUT2D eigenvalue weighted by atomic mass is 9.99. The quantitative estimate of drug-likeness (QED) is 0.357. The SMILES string of the molecule is COc1c(CN(C(=O)C2CC2)c2cccc(/C=C/C(=O)OC(C)C)c2)ccc2c1OC(C)(C)C=C2. The molecule has 6 nitrogen and oxygen atoms in total. The van der Waals surface area contributed by atoms with Gasteiger partial charge in [0, 0.05) is 28.8 Å². The first-order chi connectivity index (χ1) is 16.7. The highest BCUT2D eigenvalue weighted by atomic mass is 16.5. The number of hydrogen-bond donors (Lipinski definition) is 0. The van der Waals surface area contributed by atoms with Gasteiger partial charge in [-0.2, -0.15) is 0 Å². The van der Waals surface area contributed by atoms with Gasteiger partial charge in [-0.15, -0.1) is 0 Å². The molecule has 6 heteroatoms. The first-order valence-corrected chi connectivity index (χ1v) is 12.0. The van der Waals surface area contributed by atoms with Gasteiger partial charge in [0.25, 0.3) is 0 Å². The summed E-state index contributed by atoms with van der Waals surface area (Å²) in [4.78, 5) is 27.1. The molecule has 1 fully saturated rings. The minimum Gasteiger partial charge on any atom is -0.492 e. The molecule has 0 saturated heterocycles. The average molecular weight is 476 g/mol. The fraction of sp³-hybridized carbons (Fsp3) is 0.379. The number of ether oxygens (including phenoxy) is 3. The highest BCUT2D eigenvalue weighted by Crippen LogP contribution is 2.42. The summed E-state index contributed by atoms with van der Waals surface area (Å²) >= 11 is 0. The van der Waals surface area contributed by atoms with Crippen LogP contribution >= 0.6 is 0 Å². The molecule has 0 aromatic heterocycles. The molecule has 0 atom stereocenters. The second-order valence-corrected chi connectivity index (χ2v) is 9.83. The predicted molar refractivity (Wildman–Crippen MR) is 137 cm³/mol. The Labute approximate surface area is 207 Å². The third-order valence-corrected chi connectivity index (χ3v) is 5.92. The Kier molecular flexibility index (Phi) is 7.01. The molecule has 1 saturated carbocycles. The zero-order valence-corrected chi connectivity index (χ0v) is 21.0. The van der Waals surface area contributed by atoms with Crippen LogP contribution in [-0.4, -0.2) is 30.7 Å². The molecule has 0 bridgehead atoms. The van der Waals surface area contributed by atoms with E-state index in [1.165, 1.54) is 6.08 Å². The molecule has 35 heavy (non-hydrogen) atoms. The number of esters is 1. The maximum atomic E-state index is 13.4. The molecule has 4 rings (SSSR count). The molecule has 0 N–H and O–H groups in total. The van der Waals surface area contributed by atoms with E-state index in [4.69, 9.17) is 14.2 Å². The van der Waals surface area contributed by atoms with E-state index in [9.17, 15) is 9.59 Å². The topological polar surface area (TPSA) is 65.1 Å². The van der Waals surface area contributed by atoms with Crippen LogP contribution in [0.25, 0.3) is 12.2 Å². The molecule has 1 heterocycles. The summed E-state index contributed by atoms with van der Waals surface area (Å²) in [5.74, 6) is 1.06. The van der Waals surface area contributed by atoms with Crippen LogP contribution in [0, 0.1) is 5.92 Å². The highest BCUT2D eigenvalue weighted by molar-refractivity contribution is 5.97. The summed E-state index contributed by atoms with van der Waals surface area (Å²) < 4.78 is 17.2. The normalized spacial score (nSPS) is 16.1. The van der Waals surface area contributed by atoms with Gasteiger partial charge in [0.2, 0.25) is 5.91 Å². The lowest BCUT2D eigenvalue weighted by Crippen LogP contribution is -2.32. The van der Waals surface area contributed by atoms with Gasteiger partial charge in [0.15, 0.2) is 11.5 Å². The largest absolute Gasteiger partial charge is 0.492 e. The van der Waals surface area contributed by atoms with Gasteiger partial charge < -0.3 is 19.1 Å². The standard InChI is InChI=1S/C29H33NO5/c1-19(2)34-25(31)14-9-20-7-6-8-24(17-20)30(28(32)22-11-12-22)18-23-13-10-21-15-16-29(3,4)35-27(21)26(23)33-5/h6-10,13-17,19,22H,11-12,18H2,1-5H3/b14-9+. The number of amides is 1. The smallest absolute Gasteiger partial charge is 0.331 e. The van der Waals surface area contributed by atoms with Gasteiger partial charge >= 0.3 is 5.97 Å². The van der Waals surface area contributed by atoms with E-state index in [-0.39, 0.29) is 17.9 Å². The van der Waals surface area contributed by atoms with Crippen molar-refractivity contribution in [1.29, 1.82) is 0 Å². The van der Waals surface area contributed by atoms with Gasteiger partial charge in [-0.25, -0.2) is 4.79 Å². The van der Waals surface area contributed by atoms with Crippen LogP contribution < -0.4 is 14.4 Å². The maximum absolute atomic E-state index is 13.4. The molecule has 2 aromatic rings. The van der Waals surface area contributed by atoms with Crippen molar-refractivity contribution in [2.75, 3.05) is 12.0 Å². The van der Waals surface area contributed by atoms with E-state index >= 15 is 0 Å². The van der Waals surface area contributed by atoms with Crippen molar-refractivity contribution in [1.82, 2.24) is 0 Å². The number of methoxy groups -OCH3 is 1. The molecule has 1 amide bonds. The van der Waals surface area contributed by atoms with E-state index in [1.54, 1.807) is 18.1 Å². The Morgan fingerprint density at radius 3 is 2.66 bits per heavy atom. The van der Waals surface area contributed by atoms with E-state index in [2.05, 4.69) is 0 Å². The van der Waals surface area contributed by atoms with Crippen molar-refractivity contribution in [3.05, 3.63) is 65.2 Å². The molecule has 1 aliphatic heterocycles. The van der Waals surface area contributed by atoms with E-state index in [0.717, 1.165) is 35.2 Å². The number of rotatable bonds is 8. The molecule has 0 radical (unpaired) electrons. The lowest BCUT2D eigenvalue weighted by molar-refractivity contribution is -0.141. The van der Waals surface area contributed by atoms with Crippen molar-refractivity contribution in [2.45, 2.75) is 58.8 Å².